The number of nitrogens with zero attached hydrogens (tertiary/aromatic N) is 1. The van der Waals surface area contributed by atoms with E-state index in [1.54, 1.807) is 36.1 Å². The highest BCUT2D eigenvalue weighted by molar-refractivity contribution is 7.89. The van der Waals surface area contributed by atoms with Crippen LogP contribution in [0.5, 0.6) is 0 Å². The average Bonchev–Trinajstić information content (AvgIpc) is 2.53. The molecule has 1 aliphatic heterocycles. The van der Waals surface area contributed by atoms with Gasteiger partial charge in [-0.3, -0.25) is 4.79 Å². The van der Waals surface area contributed by atoms with Gasteiger partial charge in [0.05, 0.1) is 10.9 Å². The number of amides is 1. The van der Waals surface area contributed by atoms with Crippen LogP contribution in [0.2, 0.25) is 0 Å². The monoisotopic (exact) mass is 339 g/mol. The maximum atomic E-state index is 12.3. The number of carbonyl (C=O) groups is 1. The Labute approximate surface area is 138 Å². The number of piperidine rings is 1. The van der Waals surface area contributed by atoms with Crippen LogP contribution in [0.25, 0.3) is 0 Å². The number of rotatable bonds is 5. The lowest BCUT2D eigenvalue weighted by Gasteiger charge is -2.33. The van der Waals surface area contributed by atoms with E-state index < -0.39 is 16.1 Å². The summed E-state index contributed by atoms with van der Waals surface area (Å²) in [7, 11) is -3.51. The molecule has 23 heavy (non-hydrogen) atoms. The van der Waals surface area contributed by atoms with Crippen LogP contribution in [0.4, 0.5) is 0 Å². The first-order chi connectivity index (χ1) is 10.8. The van der Waals surface area contributed by atoms with E-state index in [4.69, 9.17) is 5.73 Å². The average molecular weight is 339 g/mol. The molecular weight excluding hydrogens is 314 g/mol. The van der Waals surface area contributed by atoms with Gasteiger partial charge in [-0.1, -0.05) is 17.7 Å². The maximum absolute atomic E-state index is 12.3. The van der Waals surface area contributed by atoms with Crippen LogP contribution in [0.1, 0.15) is 25.3 Å². The predicted molar refractivity (Wildman–Crippen MR) is 89.3 cm³/mol. The van der Waals surface area contributed by atoms with Gasteiger partial charge in [0.1, 0.15) is 0 Å². The van der Waals surface area contributed by atoms with E-state index in [1.165, 1.54) is 0 Å². The van der Waals surface area contributed by atoms with Crippen molar-refractivity contribution in [2.45, 2.75) is 37.6 Å². The molecule has 0 aliphatic carbocycles. The van der Waals surface area contributed by atoms with Gasteiger partial charge in [0.15, 0.2) is 0 Å². The molecule has 0 radical (unpaired) electrons. The van der Waals surface area contributed by atoms with E-state index in [1.807, 2.05) is 6.92 Å². The summed E-state index contributed by atoms with van der Waals surface area (Å²) in [5.41, 5.74) is 6.66. The van der Waals surface area contributed by atoms with Gasteiger partial charge < -0.3 is 10.6 Å². The van der Waals surface area contributed by atoms with Gasteiger partial charge in [0.2, 0.25) is 15.9 Å². The fourth-order valence-electron chi connectivity index (χ4n) is 2.75. The summed E-state index contributed by atoms with van der Waals surface area (Å²) in [6, 6.07) is 6.24. The molecule has 2 rings (SSSR count). The maximum Gasteiger partial charge on any atom is 0.240 e. The Morgan fingerprint density at radius 2 is 2.04 bits per heavy atom. The smallest absolute Gasteiger partial charge is 0.240 e. The number of likely N-dealkylation sites (tertiary alicyclic amines) is 1. The van der Waals surface area contributed by atoms with Gasteiger partial charge >= 0.3 is 0 Å². The first-order valence-electron chi connectivity index (χ1n) is 7.90. The molecule has 7 heteroatoms. The SMILES string of the molecule is Cc1ccc(S(=O)(=O)NCC2CCCN(C(=O)[C@H](C)N)C2)cc1. The van der Waals surface area contributed by atoms with E-state index in [2.05, 4.69) is 4.72 Å². The summed E-state index contributed by atoms with van der Waals surface area (Å²) in [4.78, 5) is 14.0. The molecule has 1 unspecified atom stereocenters. The zero-order chi connectivity index (χ0) is 17.0. The molecule has 2 atom stereocenters. The fraction of sp³-hybridized carbons (Fsp3) is 0.562. The van der Waals surface area contributed by atoms with E-state index >= 15 is 0 Å². The number of hydrogen-bond donors (Lipinski definition) is 2. The molecule has 1 aromatic rings. The normalized spacial score (nSPS) is 20.3. The van der Waals surface area contributed by atoms with Crippen LogP contribution in [-0.4, -0.2) is 44.9 Å². The Kier molecular flexibility index (Phi) is 5.78. The summed E-state index contributed by atoms with van der Waals surface area (Å²) in [5.74, 6) is 0.0442. The van der Waals surface area contributed by atoms with Gasteiger partial charge in [0, 0.05) is 19.6 Å². The van der Waals surface area contributed by atoms with Crippen molar-refractivity contribution >= 4 is 15.9 Å². The van der Waals surface area contributed by atoms with Crippen molar-refractivity contribution in [3.63, 3.8) is 0 Å². The quantitative estimate of drug-likeness (QED) is 0.832. The lowest BCUT2D eigenvalue weighted by atomic mass is 9.98. The second-order valence-corrected chi connectivity index (χ2v) is 8.01. The number of carbonyl (C=O) groups excluding carboxylic acids is 1. The summed E-state index contributed by atoms with van der Waals surface area (Å²) >= 11 is 0. The van der Waals surface area contributed by atoms with Crippen LogP contribution in [-0.2, 0) is 14.8 Å². The molecule has 6 nitrogen and oxygen atoms in total. The fourth-order valence-corrected chi connectivity index (χ4v) is 3.86. The van der Waals surface area contributed by atoms with Gasteiger partial charge in [-0.15, -0.1) is 0 Å². The molecule has 1 heterocycles. The third-order valence-electron chi connectivity index (χ3n) is 4.11. The summed E-state index contributed by atoms with van der Waals surface area (Å²) < 4.78 is 27.3. The van der Waals surface area contributed by atoms with Crippen molar-refractivity contribution in [3.05, 3.63) is 29.8 Å². The Morgan fingerprint density at radius 3 is 2.65 bits per heavy atom. The van der Waals surface area contributed by atoms with Crippen LogP contribution in [0, 0.1) is 12.8 Å². The number of aryl methyl sites for hydroxylation is 1. The van der Waals surface area contributed by atoms with Crippen LogP contribution < -0.4 is 10.5 Å². The zero-order valence-electron chi connectivity index (χ0n) is 13.7. The second kappa shape index (κ2) is 7.42. The Bertz CT molecular complexity index is 641. The van der Waals surface area contributed by atoms with Crippen molar-refractivity contribution in [2.24, 2.45) is 11.7 Å². The minimum Gasteiger partial charge on any atom is -0.341 e. The highest BCUT2D eigenvalue weighted by atomic mass is 32.2. The van der Waals surface area contributed by atoms with Crippen LogP contribution in [0.3, 0.4) is 0 Å². The Morgan fingerprint density at radius 1 is 1.39 bits per heavy atom. The van der Waals surface area contributed by atoms with E-state index in [9.17, 15) is 13.2 Å². The molecule has 0 bridgehead atoms. The molecule has 0 spiro atoms. The molecule has 1 fully saturated rings. The summed E-state index contributed by atoms with van der Waals surface area (Å²) in [6.45, 7) is 5.17. The van der Waals surface area contributed by atoms with E-state index in [-0.39, 0.29) is 16.7 Å². The number of hydrogen-bond acceptors (Lipinski definition) is 4. The topological polar surface area (TPSA) is 92.5 Å². The van der Waals surface area contributed by atoms with Gasteiger partial charge in [-0.05, 0) is 44.7 Å². The Hall–Kier alpha value is -1.44. The lowest BCUT2D eigenvalue weighted by molar-refractivity contribution is -0.133. The largest absolute Gasteiger partial charge is 0.341 e. The van der Waals surface area contributed by atoms with Gasteiger partial charge in [-0.25, -0.2) is 13.1 Å². The Balaban J connectivity index is 1.94. The molecular formula is C16H25N3O3S. The highest BCUT2D eigenvalue weighted by Crippen LogP contribution is 2.17. The number of nitrogens with one attached hydrogen (secondary N) is 1. The van der Waals surface area contributed by atoms with Crippen LogP contribution in [0.15, 0.2) is 29.2 Å². The minimum absolute atomic E-state index is 0.0731. The van der Waals surface area contributed by atoms with Crippen molar-refractivity contribution < 1.29 is 13.2 Å². The molecule has 128 valence electrons. The number of nitrogens with two attached hydrogens (primary N) is 1. The van der Waals surface area contributed by atoms with E-state index in [0.717, 1.165) is 18.4 Å². The standard InChI is InChI=1S/C16H25N3O3S/c1-12-5-7-15(8-6-12)23(21,22)18-10-14-4-3-9-19(11-14)16(20)13(2)17/h5-8,13-14,18H,3-4,9-11,17H2,1-2H3/t13-,14?/m0/s1. The minimum atomic E-state index is -3.51. The van der Waals surface area contributed by atoms with Crippen molar-refractivity contribution in [2.75, 3.05) is 19.6 Å². The first kappa shape index (κ1) is 17.9. The predicted octanol–water partition coefficient (Wildman–Crippen LogP) is 0.859. The molecule has 1 saturated heterocycles. The number of benzene rings is 1. The second-order valence-electron chi connectivity index (χ2n) is 6.25. The zero-order valence-corrected chi connectivity index (χ0v) is 14.5. The van der Waals surface area contributed by atoms with Crippen molar-refractivity contribution in [3.8, 4) is 0 Å². The van der Waals surface area contributed by atoms with Gasteiger partial charge in [-0.2, -0.15) is 0 Å². The van der Waals surface area contributed by atoms with Crippen LogP contribution >= 0.6 is 0 Å². The molecule has 1 amide bonds. The summed E-state index contributed by atoms with van der Waals surface area (Å²) in [5, 5.41) is 0. The first-order valence-corrected chi connectivity index (χ1v) is 9.38. The van der Waals surface area contributed by atoms with Crippen molar-refractivity contribution in [1.29, 1.82) is 0 Å². The molecule has 1 aromatic carbocycles. The third-order valence-corrected chi connectivity index (χ3v) is 5.55. The molecule has 0 aromatic heterocycles. The van der Waals surface area contributed by atoms with E-state index in [0.29, 0.717) is 19.6 Å². The van der Waals surface area contributed by atoms with Crippen molar-refractivity contribution in [1.82, 2.24) is 9.62 Å². The molecule has 0 saturated carbocycles. The highest BCUT2D eigenvalue weighted by Gasteiger charge is 2.26. The lowest BCUT2D eigenvalue weighted by Crippen LogP contribution is -2.48. The molecule has 3 N–H and O–H groups in total. The van der Waals surface area contributed by atoms with Gasteiger partial charge in [0.25, 0.3) is 0 Å². The molecule has 1 aliphatic rings. The third kappa shape index (κ3) is 4.76. The summed E-state index contributed by atoms with van der Waals surface area (Å²) in [6.07, 6.45) is 1.77. The number of sulfonamides is 1.